The first-order valence-electron chi connectivity index (χ1n) is 12.7. The van der Waals surface area contributed by atoms with Crippen molar-refractivity contribution in [3.63, 3.8) is 0 Å². The maximum absolute atomic E-state index is 13.5. The Labute approximate surface area is 183 Å². The van der Waals surface area contributed by atoms with E-state index in [1.165, 1.54) is 64.2 Å². The average Bonchev–Trinajstić information content (AvgIpc) is 3.07. The molecule has 1 aliphatic heterocycles. The first-order valence-corrected chi connectivity index (χ1v) is 12.7. The van der Waals surface area contributed by atoms with E-state index in [0.717, 1.165) is 13.0 Å². The number of likely N-dealkylation sites (tertiary alicyclic amines) is 1. The number of carbonyl (C=O) groups is 1. The number of hydrogen-bond donors (Lipinski definition) is 0. The van der Waals surface area contributed by atoms with Crippen LogP contribution in [-0.2, 0) is 4.79 Å². The van der Waals surface area contributed by atoms with E-state index in [-0.39, 0.29) is 22.4 Å². The Kier molecular flexibility index (Phi) is 10.4. The highest BCUT2D eigenvalue weighted by Gasteiger charge is 2.49. The minimum atomic E-state index is -0.263. The summed E-state index contributed by atoms with van der Waals surface area (Å²) in [6.45, 7) is 21.6. The van der Waals surface area contributed by atoms with Gasteiger partial charge in [-0.05, 0) is 37.5 Å². The van der Waals surface area contributed by atoms with Crippen LogP contribution in [0.5, 0.6) is 0 Å². The first-order chi connectivity index (χ1) is 13.4. The van der Waals surface area contributed by atoms with Crippen molar-refractivity contribution in [2.24, 2.45) is 16.7 Å². The third-order valence-electron chi connectivity index (χ3n) is 7.40. The Morgan fingerprint density at radius 1 is 0.793 bits per heavy atom. The van der Waals surface area contributed by atoms with Crippen LogP contribution in [0.1, 0.15) is 133 Å². The van der Waals surface area contributed by atoms with Crippen LogP contribution < -0.4 is 0 Å². The SMILES string of the molecule is CCCCCCC(C)(CCCCCC)N1CC(C(C)(C)C)CC1C(=O)C(C)(C)C. The minimum absolute atomic E-state index is 0.0987. The summed E-state index contributed by atoms with van der Waals surface area (Å²) in [5, 5.41) is 0. The molecule has 0 spiro atoms. The van der Waals surface area contributed by atoms with Gasteiger partial charge in [0, 0.05) is 17.5 Å². The number of ketones is 1. The average molecular weight is 408 g/mol. The molecular formula is C27H53NO. The molecule has 1 aliphatic rings. The minimum Gasteiger partial charge on any atom is -0.297 e. The molecule has 29 heavy (non-hydrogen) atoms. The molecule has 1 heterocycles. The molecule has 1 rings (SSSR count). The molecule has 0 radical (unpaired) electrons. The number of hydrogen-bond acceptors (Lipinski definition) is 2. The molecular weight excluding hydrogens is 354 g/mol. The van der Waals surface area contributed by atoms with Crippen LogP contribution in [0, 0.1) is 16.7 Å². The maximum Gasteiger partial charge on any atom is 0.155 e. The monoisotopic (exact) mass is 407 g/mol. The zero-order valence-electron chi connectivity index (χ0n) is 21.5. The van der Waals surface area contributed by atoms with Gasteiger partial charge in [-0.25, -0.2) is 0 Å². The lowest BCUT2D eigenvalue weighted by Crippen LogP contribution is -2.53. The zero-order valence-corrected chi connectivity index (χ0v) is 21.5. The van der Waals surface area contributed by atoms with Crippen molar-refractivity contribution >= 4 is 5.78 Å². The van der Waals surface area contributed by atoms with Gasteiger partial charge < -0.3 is 0 Å². The fraction of sp³-hybridized carbons (Fsp3) is 0.963. The summed E-state index contributed by atoms with van der Waals surface area (Å²) in [6, 6.07) is 0.0987. The highest BCUT2D eigenvalue weighted by Crippen LogP contribution is 2.44. The molecule has 1 saturated heterocycles. The number of nitrogens with zero attached hydrogens (tertiary/aromatic N) is 1. The van der Waals surface area contributed by atoms with Crippen LogP contribution in [0.3, 0.4) is 0 Å². The zero-order chi connectivity index (χ0) is 22.3. The van der Waals surface area contributed by atoms with Crippen molar-refractivity contribution in [2.75, 3.05) is 6.54 Å². The Morgan fingerprint density at radius 3 is 1.66 bits per heavy atom. The van der Waals surface area contributed by atoms with Crippen LogP contribution in [0.15, 0.2) is 0 Å². The van der Waals surface area contributed by atoms with Gasteiger partial charge in [0.25, 0.3) is 0 Å². The van der Waals surface area contributed by atoms with Crippen molar-refractivity contribution < 1.29 is 4.79 Å². The van der Waals surface area contributed by atoms with Gasteiger partial charge in [0.1, 0.15) is 0 Å². The molecule has 0 aromatic heterocycles. The molecule has 2 atom stereocenters. The van der Waals surface area contributed by atoms with E-state index in [1.54, 1.807) is 0 Å². The fourth-order valence-corrected chi connectivity index (χ4v) is 5.09. The standard InChI is InChI=1S/C27H53NO/c1-10-12-14-16-18-27(9,19-17-15-13-11-2)28-21-22(25(3,4)5)20-23(28)24(29)26(6,7)8/h22-23H,10-21H2,1-9H3. The van der Waals surface area contributed by atoms with Crippen molar-refractivity contribution in [1.29, 1.82) is 0 Å². The van der Waals surface area contributed by atoms with Gasteiger partial charge in [0.05, 0.1) is 6.04 Å². The molecule has 0 bridgehead atoms. The summed E-state index contributed by atoms with van der Waals surface area (Å²) in [7, 11) is 0. The van der Waals surface area contributed by atoms with Gasteiger partial charge in [0.2, 0.25) is 0 Å². The lowest BCUT2D eigenvalue weighted by atomic mass is 9.77. The number of carbonyl (C=O) groups excluding carboxylic acids is 1. The molecule has 2 nitrogen and oxygen atoms in total. The van der Waals surface area contributed by atoms with Gasteiger partial charge >= 0.3 is 0 Å². The van der Waals surface area contributed by atoms with Gasteiger partial charge in [-0.15, -0.1) is 0 Å². The van der Waals surface area contributed by atoms with Gasteiger partial charge in [-0.1, -0.05) is 107 Å². The van der Waals surface area contributed by atoms with Crippen molar-refractivity contribution in [2.45, 2.75) is 145 Å². The first kappa shape index (κ1) is 26.7. The highest BCUT2D eigenvalue weighted by atomic mass is 16.1. The van der Waals surface area contributed by atoms with Gasteiger partial charge in [0.15, 0.2) is 5.78 Å². The number of unbranched alkanes of at least 4 members (excludes halogenated alkanes) is 6. The second-order valence-corrected chi connectivity index (χ2v) is 12.2. The van der Waals surface area contributed by atoms with Crippen LogP contribution in [0.4, 0.5) is 0 Å². The topological polar surface area (TPSA) is 20.3 Å². The third-order valence-corrected chi connectivity index (χ3v) is 7.40. The molecule has 1 fully saturated rings. The third kappa shape index (κ3) is 8.00. The predicted molar refractivity (Wildman–Crippen MR) is 128 cm³/mol. The molecule has 172 valence electrons. The van der Waals surface area contributed by atoms with E-state index < -0.39 is 0 Å². The molecule has 0 amide bonds. The van der Waals surface area contributed by atoms with Crippen LogP contribution >= 0.6 is 0 Å². The van der Waals surface area contributed by atoms with Crippen molar-refractivity contribution in [3.8, 4) is 0 Å². The van der Waals surface area contributed by atoms with E-state index in [2.05, 4.69) is 67.2 Å². The molecule has 0 N–H and O–H groups in total. The summed E-state index contributed by atoms with van der Waals surface area (Å²) in [5.41, 5.74) is 0.157. The van der Waals surface area contributed by atoms with Crippen LogP contribution in [0.2, 0.25) is 0 Å². The van der Waals surface area contributed by atoms with Gasteiger partial charge in [-0.3, -0.25) is 9.69 Å². The second kappa shape index (κ2) is 11.3. The van der Waals surface area contributed by atoms with Crippen LogP contribution in [-0.4, -0.2) is 28.8 Å². The number of Topliss-reactive ketones (excluding diaryl/α,β-unsaturated/α-hetero) is 1. The molecule has 0 saturated carbocycles. The van der Waals surface area contributed by atoms with E-state index in [9.17, 15) is 4.79 Å². The summed E-state index contributed by atoms with van der Waals surface area (Å²) in [4.78, 5) is 16.2. The Morgan fingerprint density at radius 2 is 1.28 bits per heavy atom. The second-order valence-electron chi connectivity index (χ2n) is 12.2. The molecule has 0 aromatic rings. The van der Waals surface area contributed by atoms with Gasteiger partial charge in [-0.2, -0.15) is 0 Å². The molecule has 2 heteroatoms. The van der Waals surface area contributed by atoms with E-state index >= 15 is 0 Å². The smallest absolute Gasteiger partial charge is 0.155 e. The van der Waals surface area contributed by atoms with Crippen molar-refractivity contribution in [3.05, 3.63) is 0 Å². The quantitative estimate of drug-likeness (QED) is 0.305. The van der Waals surface area contributed by atoms with E-state index in [4.69, 9.17) is 0 Å². The highest BCUT2D eigenvalue weighted by molar-refractivity contribution is 5.89. The lowest BCUT2D eigenvalue weighted by Gasteiger charge is -2.44. The predicted octanol–water partition coefficient (Wildman–Crippen LogP) is 8.04. The maximum atomic E-state index is 13.5. The molecule has 0 aromatic carbocycles. The summed E-state index contributed by atoms with van der Waals surface area (Å²) >= 11 is 0. The molecule has 2 unspecified atom stereocenters. The summed E-state index contributed by atoms with van der Waals surface area (Å²) in [5.74, 6) is 1.06. The van der Waals surface area contributed by atoms with E-state index in [0.29, 0.717) is 11.7 Å². The van der Waals surface area contributed by atoms with Crippen molar-refractivity contribution in [1.82, 2.24) is 4.90 Å². The largest absolute Gasteiger partial charge is 0.297 e. The van der Waals surface area contributed by atoms with E-state index in [1.807, 2.05) is 0 Å². The lowest BCUT2D eigenvalue weighted by molar-refractivity contribution is -0.133. The normalized spacial score (nSPS) is 21.7. The number of rotatable bonds is 12. The molecule has 0 aliphatic carbocycles. The Balaban J connectivity index is 3.11. The Hall–Kier alpha value is -0.370. The summed E-state index contributed by atoms with van der Waals surface area (Å²) in [6.07, 6.45) is 14.0. The summed E-state index contributed by atoms with van der Waals surface area (Å²) < 4.78 is 0. The Bertz CT molecular complexity index is 470. The fourth-order valence-electron chi connectivity index (χ4n) is 5.09. The van der Waals surface area contributed by atoms with Crippen LogP contribution in [0.25, 0.3) is 0 Å².